The molecule has 0 heterocycles. The largest absolute Gasteiger partial charge is 0.454 e. The van der Waals surface area contributed by atoms with Gasteiger partial charge < -0.3 is 25.3 Å². The molecular weight excluding hydrogens is 420 g/mol. The second-order valence-electron chi connectivity index (χ2n) is 9.07. The van der Waals surface area contributed by atoms with E-state index in [4.69, 9.17) is 19.9 Å². The first-order chi connectivity index (χ1) is 15.6. The number of carbonyl (C=O) groups is 2. The van der Waals surface area contributed by atoms with Gasteiger partial charge in [-0.2, -0.15) is 0 Å². The van der Waals surface area contributed by atoms with Crippen LogP contribution in [0.5, 0.6) is 0 Å². The summed E-state index contributed by atoms with van der Waals surface area (Å²) in [6.45, 7) is 12.1. The van der Waals surface area contributed by atoms with E-state index in [1.807, 2.05) is 45.0 Å². The zero-order valence-corrected chi connectivity index (χ0v) is 20.6. The summed E-state index contributed by atoms with van der Waals surface area (Å²) in [5, 5.41) is 5.60. The Hall–Kier alpha value is -2.32. The van der Waals surface area contributed by atoms with Gasteiger partial charge in [0.05, 0.1) is 6.04 Å². The van der Waals surface area contributed by atoms with Crippen LogP contribution >= 0.6 is 0 Å². The molecule has 33 heavy (non-hydrogen) atoms. The van der Waals surface area contributed by atoms with Crippen molar-refractivity contribution in [3.05, 3.63) is 48.0 Å². The van der Waals surface area contributed by atoms with Gasteiger partial charge in [0.2, 0.25) is 0 Å². The normalized spacial score (nSPS) is 14.8. The van der Waals surface area contributed by atoms with Gasteiger partial charge in [0.25, 0.3) is 5.78 Å². The molecule has 3 atom stereocenters. The molecule has 7 nitrogen and oxygen atoms in total. The molecule has 0 saturated carbocycles. The first-order valence-corrected chi connectivity index (χ1v) is 11.6. The third-order valence-corrected chi connectivity index (χ3v) is 5.27. The quantitative estimate of drug-likeness (QED) is 0.284. The van der Waals surface area contributed by atoms with Crippen molar-refractivity contribution >= 4 is 22.5 Å². The van der Waals surface area contributed by atoms with Crippen LogP contribution < -0.4 is 11.1 Å². The first-order valence-electron chi connectivity index (χ1n) is 11.6. The zero-order valence-electron chi connectivity index (χ0n) is 20.6. The molecular formula is C26H38N2O5. The topological polar surface area (TPSA) is 99.9 Å². The summed E-state index contributed by atoms with van der Waals surface area (Å²) in [4.78, 5) is 24.7. The fourth-order valence-corrected chi connectivity index (χ4v) is 3.76. The van der Waals surface area contributed by atoms with E-state index >= 15 is 0 Å². The van der Waals surface area contributed by atoms with Crippen LogP contribution in [-0.4, -0.2) is 49.4 Å². The van der Waals surface area contributed by atoms with Crippen molar-refractivity contribution in [3.8, 4) is 0 Å². The molecule has 0 aliphatic carbocycles. The standard InChI is InChI=1S/C26H38N2O5/c1-7-31-25(32-8-2)17(3)22(20-15-11-13-18-12-9-10-14-19(18)20)28-16-21(27)23(29)24(30)33-26(4,5)6/h9-15,17,21-22,25,28H,7-8,16,27H2,1-6H3/t17-,21?,22-/m0/s1. The van der Waals surface area contributed by atoms with Gasteiger partial charge in [0.1, 0.15) is 5.60 Å². The lowest BCUT2D eigenvalue weighted by Crippen LogP contribution is -2.48. The highest BCUT2D eigenvalue weighted by Gasteiger charge is 2.32. The van der Waals surface area contributed by atoms with E-state index in [0.29, 0.717) is 13.2 Å². The fourth-order valence-electron chi connectivity index (χ4n) is 3.76. The predicted molar refractivity (Wildman–Crippen MR) is 130 cm³/mol. The Morgan fingerprint density at radius 1 is 1.00 bits per heavy atom. The van der Waals surface area contributed by atoms with E-state index in [1.54, 1.807) is 20.8 Å². The minimum atomic E-state index is -1.04. The molecule has 1 unspecified atom stereocenters. The number of ether oxygens (including phenoxy) is 3. The van der Waals surface area contributed by atoms with E-state index in [-0.39, 0.29) is 18.5 Å². The van der Waals surface area contributed by atoms with Crippen LogP contribution in [0.2, 0.25) is 0 Å². The number of ketones is 1. The van der Waals surface area contributed by atoms with Gasteiger partial charge in [0, 0.05) is 31.7 Å². The molecule has 0 aromatic heterocycles. The number of rotatable bonds is 12. The molecule has 0 radical (unpaired) electrons. The lowest BCUT2D eigenvalue weighted by atomic mass is 9.89. The lowest BCUT2D eigenvalue weighted by molar-refractivity contribution is -0.170. The maximum Gasteiger partial charge on any atom is 0.376 e. The number of hydrogen-bond acceptors (Lipinski definition) is 7. The number of Topliss-reactive ketones (excluding diaryl/α,β-unsaturated/α-hetero) is 1. The molecule has 0 amide bonds. The molecule has 0 spiro atoms. The summed E-state index contributed by atoms with van der Waals surface area (Å²) in [5.41, 5.74) is 6.38. The molecule has 0 saturated heterocycles. The van der Waals surface area contributed by atoms with Crippen molar-refractivity contribution in [1.82, 2.24) is 5.32 Å². The first kappa shape index (κ1) is 26.9. The molecule has 0 aliphatic rings. The maximum absolute atomic E-state index is 12.5. The van der Waals surface area contributed by atoms with E-state index in [1.165, 1.54) is 0 Å². The van der Waals surface area contributed by atoms with Gasteiger partial charge in [-0.3, -0.25) is 4.79 Å². The average Bonchev–Trinajstić information content (AvgIpc) is 2.77. The zero-order chi connectivity index (χ0) is 24.6. The van der Waals surface area contributed by atoms with E-state index in [9.17, 15) is 9.59 Å². The molecule has 2 aromatic carbocycles. The summed E-state index contributed by atoms with van der Waals surface area (Å²) in [6, 6.07) is 12.9. The van der Waals surface area contributed by atoms with Crippen molar-refractivity contribution in [1.29, 1.82) is 0 Å². The minimum Gasteiger partial charge on any atom is -0.454 e. The molecule has 3 N–H and O–H groups in total. The number of fused-ring (bicyclic) bond motifs is 1. The third-order valence-electron chi connectivity index (χ3n) is 5.27. The van der Waals surface area contributed by atoms with Crippen LogP contribution in [0.4, 0.5) is 0 Å². The van der Waals surface area contributed by atoms with Crippen molar-refractivity contribution in [2.45, 2.75) is 65.5 Å². The Morgan fingerprint density at radius 3 is 2.21 bits per heavy atom. The van der Waals surface area contributed by atoms with Crippen LogP contribution in [0, 0.1) is 5.92 Å². The average molecular weight is 459 g/mol. The van der Waals surface area contributed by atoms with Crippen molar-refractivity contribution in [2.24, 2.45) is 11.7 Å². The SMILES string of the molecule is CCOC(OCC)[C@@H](C)[C@H](NCC(N)C(=O)C(=O)OC(C)(C)C)c1cccc2ccccc12. The molecule has 0 aliphatic heterocycles. The highest BCUT2D eigenvalue weighted by atomic mass is 16.7. The molecule has 0 fully saturated rings. The van der Waals surface area contributed by atoms with Crippen LogP contribution in [0.3, 0.4) is 0 Å². The molecule has 182 valence electrons. The summed E-state index contributed by atoms with van der Waals surface area (Å²) in [7, 11) is 0. The number of carbonyl (C=O) groups excluding carboxylic acids is 2. The third kappa shape index (κ3) is 7.61. The Labute approximate surface area is 197 Å². The molecule has 2 rings (SSSR count). The van der Waals surface area contributed by atoms with Crippen molar-refractivity contribution in [3.63, 3.8) is 0 Å². The molecule has 7 heteroatoms. The Morgan fingerprint density at radius 2 is 1.61 bits per heavy atom. The molecule has 2 aromatic rings. The van der Waals surface area contributed by atoms with Gasteiger partial charge >= 0.3 is 5.97 Å². The van der Waals surface area contributed by atoms with Gasteiger partial charge in [-0.05, 0) is 51.0 Å². The second kappa shape index (κ2) is 12.2. The number of nitrogens with one attached hydrogen (secondary N) is 1. The number of esters is 1. The van der Waals surface area contributed by atoms with Crippen LogP contribution in [0.25, 0.3) is 10.8 Å². The van der Waals surface area contributed by atoms with E-state index < -0.39 is 29.7 Å². The van der Waals surface area contributed by atoms with E-state index in [2.05, 4.69) is 23.5 Å². The van der Waals surface area contributed by atoms with Crippen LogP contribution in [0.1, 0.15) is 53.1 Å². The van der Waals surface area contributed by atoms with Crippen molar-refractivity contribution < 1.29 is 23.8 Å². The highest BCUT2D eigenvalue weighted by Crippen LogP contribution is 2.32. The summed E-state index contributed by atoms with van der Waals surface area (Å²) < 4.78 is 16.9. The summed E-state index contributed by atoms with van der Waals surface area (Å²) in [6.07, 6.45) is -0.450. The number of benzene rings is 2. The second-order valence-corrected chi connectivity index (χ2v) is 9.07. The van der Waals surface area contributed by atoms with Gasteiger partial charge in [-0.1, -0.05) is 49.4 Å². The Balaban J connectivity index is 2.31. The maximum atomic E-state index is 12.5. The lowest BCUT2D eigenvalue weighted by Gasteiger charge is -2.33. The molecule has 0 bridgehead atoms. The van der Waals surface area contributed by atoms with Crippen molar-refractivity contribution in [2.75, 3.05) is 19.8 Å². The van der Waals surface area contributed by atoms with Gasteiger partial charge in [0.15, 0.2) is 6.29 Å². The Bertz CT molecular complexity index is 913. The fraction of sp³-hybridized carbons (Fsp3) is 0.538. The monoisotopic (exact) mass is 458 g/mol. The van der Waals surface area contributed by atoms with Crippen LogP contribution in [-0.2, 0) is 23.8 Å². The Kier molecular flexibility index (Phi) is 9.98. The van der Waals surface area contributed by atoms with Gasteiger partial charge in [-0.25, -0.2) is 4.79 Å². The van der Waals surface area contributed by atoms with Gasteiger partial charge in [-0.15, -0.1) is 0 Å². The van der Waals surface area contributed by atoms with E-state index in [0.717, 1.165) is 16.3 Å². The number of nitrogens with two attached hydrogens (primary N) is 1. The number of hydrogen-bond donors (Lipinski definition) is 2. The smallest absolute Gasteiger partial charge is 0.376 e. The summed E-state index contributed by atoms with van der Waals surface area (Å²) >= 11 is 0. The predicted octanol–water partition coefficient (Wildman–Crippen LogP) is 3.74. The van der Waals surface area contributed by atoms with Crippen LogP contribution in [0.15, 0.2) is 42.5 Å². The summed E-state index contributed by atoms with van der Waals surface area (Å²) in [5.74, 6) is -1.79. The highest BCUT2D eigenvalue weighted by molar-refractivity contribution is 6.35. The minimum absolute atomic E-state index is 0.0985.